The summed E-state index contributed by atoms with van der Waals surface area (Å²) in [5.41, 5.74) is 0. The topological polar surface area (TPSA) is 17.1 Å². The summed E-state index contributed by atoms with van der Waals surface area (Å²) in [5, 5.41) is -0.260. The molecule has 2 unspecified atom stereocenters. The molecule has 1 nitrogen and oxygen atoms in total. The monoisotopic (exact) mass is 164 g/mol. The summed E-state index contributed by atoms with van der Waals surface area (Å²) in [7, 11) is 0. The third-order valence-corrected chi connectivity index (χ3v) is 2.78. The molecule has 1 rings (SSSR count). The highest BCUT2D eigenvalue weighted by Gasteiger charge is 2.50. The lowest BCUT2D eigenvalue weighted by Gasteiger charge is -2.35. The molecule has 0 aromatic carbocycles. The van der Waals surface area contributed by atoms with Crippen molar-refractivity contribution in [1.82, 2.24) is 0 Å². The Kier molecular flexibility index (Phi) is 1.57. The average Bonchev–Trinajstić information content (AvgIpc) is 1.87. The lowest BCUT2D eigenvalue weighted by atomic mass is 9.82. The summed E-state index contributed by atoms with van der Waals surface area (Å²) in [6.07, 6.45) is 1.77. The molecule has 2 atom stereocenters. The van der Waals surface area contributed by atoms with Crippen molar-refractivity contribution in [3.05, 3.63) is 12.7 Å². The van der Waals surface area contributed by atoms with Crippen molar-refractivity contribution in [1.29, 1.82) is 0 Å². The second-order valence-electron chi connectivity index (χ2n) is 2.07. The van der Waals surface area contributed by atoms with Gasteiger partial charge in [0.2, 0.25) is 0 Å². The number of ketones is 1. The van der Waals surface area contributed by atoms with Gasteiger partial charge in [0.1, 0.15) is 4.87 Å². The maximum absolute atomic E-state index is 10.7. The van der Waals surface area contributed by atoms with Crippen LogP contribution in [-0.2, 0) is 4.79 Å². The summed E-state index contributed by atoms with van der Waals surface area (Å²) in [6.45, 7) is 3.42. The molecule has 0 amide bonds. The highest BCUT2D eigenvalue weighted by Crippen LogP contribution is 2.39. The van der Waals surface area contributed by atoms with Crippen LogP contribution >= 0.6 is 23.2 Å². The van der Waals surface area contributed by atoms with Gasteiger partial charge >= 0.3 is 0 Å². The van der Waals surface area contributed by atoms with E-state index in [2.05, 4.69) is 6.58 Å². The van der Waals surface area contributed by atoms with Crippen molar-refractivity contribution in [2.24, 2.45) is 0 Å². The van der Waals surface area contributed by atoms with Gasteiger partial charge in [-0.05, 0) is 0 Å². The first-order chi connectivity index (χ1) is 4.11. The highest BCUT2D eigenvalue weighted by atomic mass is 35.5. The van der Waals surface area contributed by atoms with Gasteiger partial charge in [-0.2, -0.15) is 0 Å². The Morgan fingerprint density at radius 2 is 2.44 bits per heavy atom. The minimum absolute atomic E-state index is 0.0285. The molecule has 50 valence electrons. The van der Waals surface area contributed by atoms with Crippen LogP contribution in [0.4, 0.5) is 0 Å². The minimum atomic E-state index is -0.957. The number of hydrogen-bond donors (Lipinski definition) is 0. The van der Waals surface area contributed by atoms with Gasteiger partial charge in [-0.1, -0.05) is 6.08 Å². The normalized spacial score (nSPS) is 42.0. The first-order valence-corrected chi connectivity index (χ1v) is 3.42. The molecule has 0 aromatic rings. The van der Waals surface area contributed by atoms with Crippen LogP contribution in [0.1, 0.15) is 6.42 Å². The third kappa shape index (κ3) is 0.795. The van der Waals surface area contributed by atoms with E-state index < -0.39 is 4.87 Å². The molecule has 0 aromatic heterocycles. The zero-order valence-electron chi connectivity index (χ0n) is 4.73. The van der Waals surface area contributed by atoms with Gasteiger partial charge in [-0.15, -0.1) is 29.8 Å². The summed E-state index contributed by atoms with van der Waals surface area (Å²) in [5.74, 6) is -0.0285. The fourth-order valence-electron chi connectivity index (χ4n) is 0.753. The fourth-order valence-corrected chi connectivity index (χ4v) is 1.26. The second-order valence-corrected chi connectivity index (χ2v) is 3.22. The molecule has 0 bridgehead atoms. The van der Waals surface area contributed by atoms with E-state index >= 15 is 0 Å². The van der Waals surface area contributed by atoms with Crippen molar-refractivity contribution in [2.45, 2.75) is 16.7 Å². The molecular formula is C6H6Cl2O. The Bertz CT molecular complexity index is 166. The molecule has 1 aliphatic rings. The summed E-state index contributed by atoms with van der Waals surface area (Å²) in [4.78, 5) is 9.75. The predicted molar refractivity (Wildman–Crippen MR) is 38.0 cm³/mol. The van der Waals surface area contributed by atoms with Crippen LogP contribution in [0.25, 0.3) is 0 Å². The van der Waals surface area contributed by atoms with Crippen LogP contribution in [0, 0.1) is 0 Å². The van der Waals surface area contributed by atoms with Gasteiger partial charge < -0.3 is 0 Å². The Morgan fingerprint density at radius 1 is 1.89 bits per heavy atom. The molecular weight excluding hydrogens is 159 g/mol. The molecule has 1 aliphatic carbocycles. The molecule has 0 heterocycles. The molecule has 1 saturated carbocycles. The van der Waals surface area contributed by atoms with E-state index in [1.807, 2.05) is 0 Å². The first kappa shape index (κ1) is 7.10. The lowest BCUT2D eigenvalue weighted by molar-refractivity contribution is -0.125. The molecule has 0 radical (unpaired) electrons. The molecule has 0 saturated heterocycles. The van der Waals surface area contributed by atoms with E-state index in [-0.39, 0.29) is 11.2 Å². The average molecular weight is 165 g/mol. The largest absolute Gasteiger partial charge is 0.297 e. The van der Waals surface area contributed by atoms with Crippen LogP contribution < -0.4 is 0 Å². The summed E-state index contributed by atoms with van der Waals surface area (Å²) in [6, 6.07) is 0. The van der Waals surface area contributed by atoms with Crippen LogP contribution in [0.3, 0.4) is 0 Å². The van der Waals surface area contributed by atoms with Crippen LogP contribution in [0.15, 0.2) is 12.7 Å². The van der Waals surface area contributed by atoms with E-state index in [1.54, 1.807) is 0 Å². The van der Waals surface area contributed by atoms with Gasteiger partial charge in [0.25, 0.3) is 0 Å². The molecule has 0 aliphatic heterocycles. The number of allylic oxidation sites excluding steroid dienone is 1. The molecule has 0 spiro atoms. The maximum atomic E-state index is 10.7. The van der Waals surface area contributed by atoms with Gasteiger partial charge in [-0.25, -0.2) is 0 Å². The van der Waals surface area contributed by atoms with Gasteiger partial charge in [0, 0.05) is 6.42 Å². The number of carbonyl (C=O) groups excluding carboxylic acids is 1. The number of carbonyl (C=O) groups is 1. The van der Waals surface area contributed by atoms with Gasteiger partial charge in [0.15, 0.2) is 5.78 Å². The number of halogens is 2. The van der Waals surface area contributed by atoms with Crippen LogP contribution in [-0.4, -0.2) is 16.0 Å². The van der Waals surface area contributed by atoms with Gasteiger partial charge in [0.05, 0.1) is 5.38 Å². The number of hydrogen-bond acceptors (Lipinski definition) is 1. The molecule has 1 fully saturated rings. The Balaban J connectivity index is 2.77. The summed E-state index contributed by atoms with van der Waals surface area (Å²) >= 11 is 11.3. The fraction of sp³-hybridized carbons (Fsp3) is 0.500. The quantitative estimate of drug-likeness (QED) is 0.427. The standard InChI is InChI=1S/C6H6Cl2O/c1-2-6(8)4(7)3-5(6)9/h2,4H,1,3H2. The third-order valence-electron chi connectivity index (χ3n) is 1.54. The molecule has 0 N–H and O–H groups in total. The van der Waals surface area contributed by atoms with Crippen LogP contribution in [0.2, 0.25) is 0 Å². The maximum Gasteiger partial charge on any atom is 0.160 e. The van der Waals surface area contributed by atoms with Crippen molar-refractivity contribution < 1.29 is 4.79 Å². The van der Waals surface area contributed by atoms with E-state index in [0.29, 0.717) is 6.42 Å². The van der Waals surface area contributed by atoms with E-state index in [1.165, 1.54) is 6.08 Å². The first-order valence-electron chi connectivity index (χ1n) is 2.61. The zero-order valence-corrected chi connectivity index (χ0v) is 6.24. The second kappa shape index (κ2) is 1.99. The highest BCUT2D eigenvalue weighted by molar-refractivity contribution is 6.47. The number of Topliss-reactive ketones (excluding diaryl/α,β-unsaturated/α-hetero) is 1. The van der Waals surface area contributed by atoms with Gasteiger partial charge in [-0.3, -0.25) is 4.79 Å². The molecule has 9 heavy (non-hydrogen) atoms. The Labute approximate surface area is 63.6 Å². The SMILES string of the molecule is C=CC1(Cl)C(=O)CC1Cl. The smallest absolute Gasteiger partial charge is 0.160 e. The van der Waals surface area contributed by atoms with Crippen molar-refractivity contribution >= 4 is 29.0 Å². The zero-order chi connectivity index (χ0) is 7.07. The van der Waals surface area contributed by atoms with Crippen molar-refractivity contribution in [2.75, 3.05) is 0 Å². The van der Waals surface area contributed by atoms with Crippen molar-refractivity contribution in [3.63, 3.8) is 0 Å². The van der Waals surface area contributed by atoms with E-state index in [0.717, 1.165) is 0 Å². The predicted octanol–water partition coefficient (Wildman–Crippen LogP) is 1.73. The number of rotatable bonds is 1. The van der Waals surface area contributed by atoms with Crippen molar-refractivity contribution in [3.8, 4) is 0 Å². The summed E-state index contributed by atoms with van der Waals surface area (Å²) < 4.78 is 0. The van der Waals surface area contributed by atoms with E-state index in [9.17, 15) is 4.79 Å². The minimum Gasteiger partial charge on any atom is -0.297 e. The Morgan fingerprint density at radius 3 is 2.56 bits per heavy atom. The van der Waals surface area contributed by atoms with E-state index in [4.69, 9.17) is 23.2 Å². The molecule has 3 heteroatoms. The van der Waals surface area contributed by atoms with Crippen LogP contribution in [0.5, 0.6) is 0 Å². The Hall–Kier alpha value is -0.0100. The number of alkyl halides is 2. The lowest BCUT2D eigenvalue weighted by Crippen LogP contribution is -2.51.